The second kappa shape index (κ2) is 6.98. The fraction of sp³-hybridized carbons (Fsp3) is 0.562. The Morgan fingerprint density at radius 1 is 1.50 bits per heavy atom. The molecule has 0 radical (unpaired) electrons. The summed E-state index contributed by atoms with van der Waals surface area (Å²) < 4.78 is 11.5. The van der Waals surface area contributed by atoms with Gasteiger partial charge in [-0.05, 0) is 12.8 Å². The number of aromatic nitrogens is 2. The van der Waals surface area contributed by atoms with Crippen molar-refractivity contribution in [2.24, 2.45) is 5.92 Å². The van der Waals surface area contributed by atoms with E-state index in [1.165, 1.54) is 6.20 Å². The molecule has 1 aliphatic carbocycles. The molecule has 1 aromatic heterocycles. The molecule has 2 heterocycles. The Bertz CT molecular complexity index is 523. The number of morpholine rings is 1. The number of amides is 1. The Hall–Kier alpha value is -1.79. The van der Waals surface area contributed by atoms with Crippen LogP contribution in [0.15, 0.2) is 31.2 Å². The highest BCUT2D eigenvalue weighted by Crippen LogP contribution is 2.35. The summed E-state index contributed by atoms with van der Waals surface area (Å²) in [6, 6.07) is 0.112. The molecule has 118 valence electrons. The van der Waals surface area contributed by atoms with Gasteiger partial charge in [-0.2, -0.15) is 0 Å². The van der Waals surface area contributed by atoms with Gasteiger partial charge in [0.15, 0.2) is 0 Å². The summed E-state index contributed by atoms with van der Waals surface area (Å²) in [5.74, 6) is 0.279. The van der Waals surface area contributed by atoms with Gasteiger partial charge in [-0.1, -0.05) is 6.08 Å². The molecule has 3 rings (SSSR count). The third-order valence-corrected chi connectivity index (χ3v) is 4.33. The van der Waals surface area contributed by atoms with Gasteiger partial charge in [0.25, 0.3) is 5.91 Å². The van der Waals surface area contributed by atoms with Crippen molar-refractivity contribution >= 4 is 5.91 Å². The molecular formula is C16H21N3O3. The standard InChI is InChI=1S/C16H21N3O3/c1-2-8-21-11-12-3-4-14-15(12)22-9-7-19(14)16(20)13-10-17-5-6-18-13/h2,5-6,10,12,14-15H,1,3-4,7-9,11H2/t12-,14-,15+/m0/s1. The molecule has 0 unspecified atom stereocenters. The lowest BCUT2D eigenvalue weighted by Gasteiger charge is -2.39. The van der Waals surface area contributed by atoms with Gasteiger partial charge in [0.05, 0.1) is 38.2 Å². The van der Waals surface area contributed by atoms with Crippen LogP contribution in [0.1, 0.15) is 23.3 Å². The number of rotatable bonds is 5. The zero-order chi connectivity index (χ0) is 15.4. The Labute approximate surface area is 130 Å². The van der Waals surface area contributed by atoms with Crippen molar-refractivity contribution in [3.05, 3.63) is 36.9 Å². The Morgan fingerprint density at radius 3 is 3.18 bits per heavy atom. The summed E-state index contributed by atoms with van der Waals surface area (Å²) in [5, 5.41) is 0. The van der Waals surface area contributed by atoms with Crippen LogP contribution in [-0.4, -0.2) is 59.3 Å². The van der Waals surface area contributed by atoms with Gasteiger partial charge in [0, 0.05) is 24.9 Å². The second-order valence-electron chi connectivity index (χ2n) is 5.66. The highest BCUT2D eigenvalue weighted by Gasteiger charge is 2.44. The number of nitrogens with zero attached hydrogens (tertiary/aromatic N) is 3. The molecule has 0 bridgehead atoms. The van der Waals surface area contributed by atoms with Crippen LogP contribution >= 0.6 is 0 Å². The first-order chi connectivity index (χ1) is 10.8. The molecule has 1 amide bonds. The van der Waals surface area contributed by atoms with Crippen LogP contribution < -0.4 is 0 Å². The van der Waals surface area contributed by atoms with E-state index >= 15 is 0 Å². The van der Waals surface area contributed by atoms with E-state index in [0.717, 1.165) is 12.8 Å². The van der Waals surface area contributed by atoms with Crippen LogP contribution in [0.3, 0.4) is 0 Å². The maximum atomic E-state index is 12.6. The van der Waals surface area contributed by atoms with E-state index in [1.807, 2.05) is 4.90 Å². The number of hydrogen-bond donors (Lipinski definition) is 0. The van der Waals surface area contributed by atoms with E-state index in [-0.39, 0.29) is 18.1 Å². The van der Waals surface area contributed by atoms with E-state index in [9.17, 15) is 4.79 Å². The molecule has 1 saturated heterocycles. The first-order valence-corrected chi connectivity index (χ1v) is 7.68. The molecule has 6 heteroatoms. The number of fused-ring (bicyclic) bond motifs is 1. The monoisotopic (exact) mass is 303 g/mol. The van der Waals surface area contributed by atoms with Crippen molar-refractivity contribution in [1.82, 2.24) is 14.9 Å². The van der Waals surface area contributed by atoms with Gasteiger partial charge in [0.1, 0.15) is 5.69 Å². The summed E-state index contributed by atoms with van der Waals surface area (Å²) in [6.07, 6.45) is 8.40. The van der Waals surface area contributed by atoms with Crippen LogP contribution in [0.5, 0.6) is 0 Å². The largest absolute Gasteiger partial charge is 0.377 e. The molecule has 3 atom stereocenters. The summed E-state index contributed by atoms with van der Waals surface area (Å²) in [7, 11) is 0. The topological polar surface area (TPSA) is 64.6 Å². The molecule has 0 aromatic carbocycles. The smallest absolute Gasteiger partial charge is 0.274 e. The van der Waals surface area contributed by atoms with E-state index in [1.54, 1.807) is 18.5 Å². The van der Waals surface area contributed by atoms with Gasteiger partial charge >= 0.3 is 0 Å². The molecule has 22 heavy (non-hydrogen) atoms. The number of ether oxygens (including phenoxy) is 2. The summed E-state index contributed by atoms with van der Waals surface area (Å²) in [5.41, 5.74) is 0.398. The van der Waals surface area contributed by atoms with Gasteiger partial charge < -0.3 is 14.4 Å². The molecule has 1 aromatic rings. The molecule has 0 spiro atoms. The summed E-state index contributed by atoms with van der Waals surface area (Å²) >= 11 is 0. The quantitative estimate of drug-likeness (QED) is 0.606. The summed E-state index contributed by atoms with van der Waals surface area (Å²) in [4.78, 5) is 22.6. The van der Waals surface area contributed by atoms with E-state index in [0.29, 0.717) is 38.0 Å². The predicted molar refractivity (Wildman–Crippen MR) is 80.3 cm³/mol. The van der Waals surface area contributed by atoms with Crippen LogP contribution in [0.4, 0.5) is 0 Å². The second-order valence-corrected chi connectivity index (χ2v) is 5.66. The maximum absolute atomic E-state index is 12.6. The third-order valence-electron chi connectivity index (χ3n) is 4.33. The highest BCUT2D eigenvalue weighted by molar-refractivity contribution is 5.92. The first-order valence-electron chi connectivity index (χ1n) is 7.68. The minimum atomic E-state index is -0.0564. The van der Waals surface area contributed by atoms with Crippen LogP contribution in [0, 0.1) is 5.92 Å². The molecule has 1 saturated carbocycles. The SMILES string of the molecule is C=CCOC[C@@H]1CC[C@H]2[C@@H]1OCCN2C(=O)c1cnccn1. The lowest BCUT2D eigenvalue weighted by atomic mass is 10.0. The minimum Gasteiger partial charge on any atom is -0.377 e. The van der Waals surface area contributed by atoms with E-state index in [2.05, 4.69) is 16.5 Å². The van der Waals surface area contributed by atoms with Crippen molar-refractivity contribution in [3.8, 4) is 0 Å². The van der Waals surface area contributed by atoms with Crippen molar-refractivity contribution in [2.45, 2.75) is 25.0 Å². The van der Waals surface area contributed by atoms with Gasteiger partial charge in [-0.25, -0.2) is 4.98 Å². The highest BCUT2D eigenvalue weighted by atomic mass is 16.5. The Kier molecular flexibility index (Phi) is 4.80. The number of hydrogen-bond acceptors (Lipinski definition) is 5. The fourth-order valence-electron chi connectivity index (χ4n) is 3.35. The zero-order valence-corrected chi connectivity index (χ0v) is 12.6. The lowest BCUT2D eigenvalue weighted by Crippen LogP contribution is -2.53. The van der Waals surface area contributed by atoms with Gasteiger partial charge in [-0.3, -0.25) is 9.78 Å². The van der Waals surface area contributed by atoms with Crippen molar-refractivity contribution in [2.75, 3.05) is 26.4 Å². The fourth-order valence-corrected chi connectivity index (χ4v) is 3.35. The first kappa shape index (κ1) is 15.1. The Balaban J connectivity index is 1.67. The van der Waals surface area contributed by atoms with Crippen LogP contribution in [0.2, 0.25) is 0 Å². The molecule has 1 aliphatic heterocycles. The summed E-state index contributed by atoms with van der Waals surface area (Å²) in [6.45, 7) is 6.03. The minimum absolute atomic E-state index is 0.0548. The molecule has 0 N–H and O–H groups in total. The average Bonchev–Trinajstić information content (AvgIpc) is 2.98. The van der Waals surface area contributed by atoms with Crippen molar-refractivity contribution in [1.29, 1.82) is 0 Å². The number of carbonyl (C=O) groups is 1. The molecule has 6 nitrogen and oxygen atoms in total. The normalized spacial score (nSPS) is 27.5. The van der Waals surface area contributed by atoms with Crippen LogP contribution in [-0.2, 0) is 9.47 Å². The Morgan fingerprint density at radius 2 is 2.41 bits per heavy atom. The number of carbonyl (C=O) groups excluding carboxylic acids is 1. The molecule has 2 fully saturated rings. The predicted octanol–water partition coefficient (Wildman–Crippen LogP) is 1.30. The zero-order valence-electron chi connectivity index (χ0n) is 12.6. The third kappa shape index (κ3) is 3.03. The van der Waals surface area contributed by atoms with Gasteiger partial charge in [-0.15, -0.1) is 6.58 Å². The molecule has 2 aliphatic rings. The molecular weight excluding hydrogens is 282 g/mol. The maximum Gasteiger partial charge on any atom is 0.274 e. The van der Waals surface area contributed by atoms with Crippen molar-refractivity contribution in [3.63, 3.8) is 0 Å². The van der Waals surface area contributed by atoms with Gasteiger partial charge in [0.2, 0.25) is 0 Å². The van der Waals surface area contributed by atoms with E-state index in [4.69, 9.17) is 9.47 Å². The average molecular weight is 303 g/mol. The lowest BCUT2D eigenvalue weighted by molar-refractivity contribution is -0.0739. The van der Waals surface area contributed by atoms with E-state index < -0.39 is 0 Å². The van der Waals surface area contributed by atoms with Crippen LogP contribution in [0.25, 0.3) is 0 Å². The van der Waals surface area contributed by atoms with Crippen molar-refractivity contribution < 1.29 is 14.3 Å².